The van der Waals surface area contributed by atoms with Gasteiger partial charge in [-0.05, 0) is 47.9 Å². The molecular weight excluding hydrogens is 479 g/mol. The van der Waals surface area contributed by atoms with Crippen LogP contribution in [-0.2, 0) is 16.2 Å². The first kappa shape index (κ1) is 22.8. The Labute approximate surface area is 192 Å². The molecule has 0 saturated heterocycles. The molecule has 2 aromatic carbocycles. The minimum atomic E-state index is -4.65. The topological polar surface area (TPSA) is 72.4 Å². The van der Waals surface area contributed by atoms with Gasteiger partial charge in [-0.3, -0.25) is 9.97 Å². The van der Waals surface area contributed by atoms with Crippen molar-refractivity contribution >= 4 is 43.8 Å². The largest absolute Gasteiger partial charge is 0.493 e. The van der Waals surface area contributed by atoms with Crippen LogP contribution in [0, 0.1) is 0 Å². The molecule has 0 saturated carbocycles. The lowest BCUT2D eigenvalue weighted by Crippen LogP contribution is -2.27. The molecule has 0 aliphatic carbocycles. The smallest absolute Gasteiger partial charge is 0.416 e. The van der Waals surface area contributed by atoms with Crippen LogP contribution in [0.2, 0.25) is 5.02 Å². The maximum Gasteiger partial charge on any atom is 0.416 e. The van der Waals surface area contributed by atoms with E-state index in [1.54, 1.807) is 18.3 Å². The van der Waals surface area contributed by atoms with Gasteiger partial charge in [0.1, 0.15) is 5.69 Å². The fraction of sp³-hybridized carbons (Fsp3) is 0.0909. The van der Waals surface area contributed by atoms with Gasteiger partial charge in [0.05, 0.1) is 34.5 Å². The predicted molar refractivity (Wildman–Crippen MR) is 118 cm³/mol. The molecule has 0 N–H and O–H groups in total. The molecular formula is C22H15ClF3N3O3S. The lowest BCUT2D eigenvalue weighted by molar-refractivity contribution is -0.137. The summed E-state index contributed by atoms with van der Waals surface area (Å²) in [5.74, 6) is 0.0852. The van der Waals surface area contributed by atoms with E-state index >= 15 is 0 Å². The van der Waals surface area contributed by atoms with Crippen LogP contribution in [0.25, 0.3) is 10.8 Å². The molecule has 2 heterocycles. The first-order chi connectivity index (χ1) is 15.6. The molecule has 0 unspecified atom stereocenters. The van der Waals surface area contributed by atoms with Crippen LogP contribution in [0.3, 0.4) is 0 Å². The van der Waals surface area contributed by atoms with Gasteiger partial charge in [-0.1, -0.05) is 17.7 Å². The minimum absolute atomic E-state index is 0.0315. The summed E-state index contributed by atoms with van der Waals surface area (Å²) in [7, 11) is -3.04. The number of nitrogens with zero attached hydrogens (tertiary/aromatic N) is 3. The number of hydrogen-bond donors (Lipinski definition) is 0. The first-order valence-electron chi connectivity index (χ1n) is 9.37. The van der Waals surface area contributed by atoms with E-state index in [-0.39, 0.29) is 22.0 Å². The highest BCUT2D eigenvalue weighted by Gasteiger charge is 2.34. The number of hydrogen-bond acceptors (Lipinski definition) is 5. The van der Waals surface area contributed by atoms with Crippen molar-refractivity contribution in [3.63, 3.8) is 0 Å². The number of sulfonamides is 1. The Kier molecular flexibility index (Phi) is 5.89. The van der Waals surface area contributed by atoms with Crippen molar-refractivity contribution in [2.45, 2.75) is 11.1 Å². The lowest BCUT2D eigenvalue weighted by Gasteiger charge is -2.27. The number of benzene rings is 2. The number of rotatable bonds is 5. The van der Waals surface area contributed by atoms with E-state index in [0.29, 0.717) is 11.5 Å². The maximum absolute atomic E-state index is 13.8. The number of pyridine rings is 2. The Morgan fingerprint density at radius 3 is 2.33 bits per heavy atom. The van der Waals surface area contributed by atoms with E-state index in [0.717, 1.165) is 21.8 Å². The number of fused-ring (bicyclic) bond motifs is 1. The van der Waals surface area contributed by atoms with Gasteiger partial charge < -0.3 is 4.74 Å². The summed E-state index contributed by atoms with van der Waals surface area (Å²) < 4.78 is 73.3. The van der Waals surface area contributed by atoms with E-state index in [9.17, 15) is 21.6 Å². The van der Waals surface area contributed by atoms with Crippen molar-refractivity contribution in [2.75, 3.05) is 11.4 Å². The summed E-state index contributed by atoms with van der Waals surface area (Å²) in [6.45, 7) is 0. The van der Waals surface area contributed by atoms with Crippen LogP contribution >= 0.6 is 11.6 Å². The van der Waals surface area contributed by atoms with Gasteiger partial charge >= 0.3 is 6.18 Å². The molecule has 0 amide bonds. The summed E-state index contributed by atoms with van der Waals surface area (Å²) in [6.07, 6.45) is 1.09. The molecule has 2 aromatic heterocycles. The molecule has 170 valence electrons. The maximum atomic E-state index is 13.8. The van der Waals surface area contributed by atoms with Gasteiger partial charge in [-0.2, -0.15) is 13.2 Å². The molecule has 0 aliphatic rings. The fourth-order valence-electron chi connectivity index (χ4n) is 3.26. The van der Waals surface area contributed by atoms with Crippen molar-refractivity contribution in [1.82, 2.24) is 9.97 Å². The molecule has 0 radical (unpaired) electrons. The van der Waals surface area contributed by atoms with E-state index in [2.05, 4.69) is 9.97 Å². The van der Waals surface area contributed by atoms with Crippen LogP contribution < -0.4 is 9.04 Å². The Bertz CT molecular complexity index is 1450. The summed E-state index contributed by atoms with van der Waals surface area (Å²) in [5, 5.41) is 0.931. The molecule has 11 heteroatoms. The number of ether oxygens (including phenoxy) is 1. The Hall–Kier alpha value is -3.37. The Morgan fingerprint density at radius 2 is 1.64 bits per heavy atom. The Balaban J connectivity index is 1.96. The molecule has 0 aliphatic heterocycles. The van der Waals surface area contributed by atoms with E-state index in [1.165, 1.54) is 43.9 Å². The zero-order valence-electron chi connectivity index (χ0n) is 16.9. The lowest BCUT2D eigenvalue weighted by atomic mass is 10.2. The van der Waals surface area contributed by atoms with E-state index in [1.807, 2.05) is 0 Å². The third kappa shape index (κ3) is 4.31. The molecule has 0 atom stereocenters. The third-order valence-corrected chi connectivity index (χ3v) is 6.87. The third-order valence-electron chi connectivity index (χ3n) is 4.85. The first-order valence-corrected chi connectivity index (χ1v) is 11.2. The Morgan fingerprint density at radius 1 is 0.909 bits per heavy atom. The molecule has 4 rings (SSSR count). The number of alkyl halides is 3. The number of methoxy groups -OCH3 is 1. The monoisotopic (exact) mass is 493 g/mol. The number of anilines is 2. The second-order valence-corrected chi connectivity index (χ2v) is 9.06. The van der Waals surface area contributed by atoms with Crippen molar-refractivity contribution in [3.05, 3.63) is 83.9 Å². The van der Waals surface area contributed by atoms with Crippen LogP contribution in [-0.4, -0.2) is 25.5 Å². The minimum Gasteiger partial charge on any atom is -0.493 e. The van der Waals surface area contributed by atoms with Gasteiger partial charge in [-0.25, -0.2) is 12.7 Å². The fourth-order valence-corrected chi connectivity index (χ4v) is 5.13. The average Bonchev–Trinajstić information content (AvgIpc) is 2.79. The second kappa shape index (κ2) is 8.53. The van der Waals surface area contributed by atoms with Crippen LogP contribution in [0.1, 0.15) is 5.56 Å². The zero-order chi connectivity index (χ0) is 23.8. The standard InChI is InChI=1S/C22H15ClF3N3O3S/c1-32-21-13-28-9-7-20(21)29(19-5-3-16(11-18(19)23)22(24,25)26)33(30,31)17-4-2-15-12-27-8-6-14(15)10-17/h2-13H,1H3. The van der Waals surface area contributed by atoms with E-state index < -0.39 is 26.8 Å². The zero-order valence-corrected chi connectivity index (χ0v) is 18.5. The summed E-state index contributed by atoms with van der Waals surface area (Å²) in [6, 6.07) is 9.90. The molecule has 0 bridgehead atoms. The normalized spacial score (nSPS) is 12.0. The van der Waals surface area contributed by atoms with Crippen molar-refractivity contribution in [1.29, 1.82) is 0 Å². The van der Waals surface area contributed by atoms with E-state index in [4.69, 9.17) is 16.3 Å². The molecule has 0 fully saturated rings. The van der Waals surface area contributed by atoms with Crippen LogP contribution in [0.15, 0.2) is 78.2 Å². The van der Waals surface area contributed by atoms with Gasteiger partial charge in [0, 0.05) is 24.0 Å². The molecule has 0 spiro atoms. The molecule has 33 heavy (non-hydrogen) atoms. The predicted octanol–water partition coefficient (Wildman–Crippen LogP) is 5.84. The number of aromatic nitrogens is 2. The van der Waals surface area contributed by atoms with Crippen LogP contribution in [0.5, 0.6) is 5.75 Å². The second-order valence-electron chi connectivity index (χ2n) is 6.87. The van der Waals surface area contributed by atoms with Gasteiger partial charge in [0.15, 0.2) is 5.75 Å². The summed E-state index contributed by atoms with van der Waals surface area (Å²) >= 11 is 6.19. The van der Waals surface area contributed by atoms with Gasteiger partial charge in [-0.15, -0.1) is 0 Å². The van der Waals surface area contributed by atoms with Gasteiger partial charge in [0.25, 0.3) is 10.0 Å². The van der Waals surface area contributed by atoms with Crippen LogP contribution in [0.4, 0.5) is 24.5 Å². The van der Waals surface area contributed by atoms with Gasteiger partial charge in [0.2, 0.25) is 0 Å². The highest BCUT2D eigenvalue weighted by atomic mass is 35.5. The highest BCUT2D eigenvalue weighted by Crippen LogP contribution is 2.43. The molecule has 4 aromatic rings. The quantitative estimate of drug-likeness (QED) is 0.349. The summed E-state index contributed by atoms with van der Waals surface area (Å²) in [4.78, 5) is 7.83. The molecule has 6 nitrogen and oxygen atoms in total. The SMILES string of the molecule is COc1cnccc1N(c1ccc(C(F)(F)F)cc1Cl)S(=O)(=O)c1ccc2cnccc2c1. The van der Waals surface area contributed by atoms with Crippen molar-refractivity contribution in [2.24, 2.45) is 0 Å². The van der Waals surface area contributed by atoms with Crippen molar-refractivity contribution in [3.8, 4) is 5.75 Å². The number of halogens is 4. The highest BCUT2D eigenvalue weighted by molar-refractivity contribution is 7.93. The average molecular weight is 494 g/mol. The summed E-state index contributed by atoms with van der Waals surface area (Å²) in [5.41, 5.74) is -1.15. The van der Waals surface area contributed by atoms with Crippen molar-refractivity contribution < 1.29 is 26.3 Å².